The van der Waals surface area contributed by atoms with Crippen LogP contribution in [0.5, 0.6) is 0 Å². The highest BCUT2D eigenvalue weighted by molar-refractivity contribution is 6.67. The molecule has 0 radical (unpaired) electrons. The van der Waals surface area contributed by atoms with E-state index >= 15 is 0 Å². The van der Waals surface area contributed by atoms with E-state index in [0.717, 1.165) is 0 Å². The summed E-state index contributed by atoms with van der Waals surface area (Å²) in [7, 11) is 0. The number of halogens is 1. The number of carbonyl (C=O) groups is 1. The number of carbonyl (C=O) groups excluding carboxylic acids is 1. The summed E-state index contributed by atoms with van der Waals surface area (Å²) in [5, 5.41) is 9.54. The van der Waals surface area contributed by atoms with Crippen LogP contribution in [0, 0.1) is 10.1 Å². The van der Waals surface area contributed by atoms with Crippen molar-refractivity contribution in [3.63, 3.8) is 0 Å². The largest absolute Gasteiger partial charge is 0.276 e. The normalized spacial score (nSPS) is 9.62. The van der Waals surface area contributed by atoms with Gasteiger partial charge >= 0.3 is 0 Å². The van der Waals surface area contributed by atoms with Crippen LogP contribution < -0.4 is 0 Å². The van der Waals surface area contributed by atoms with Crippen LogP contribution in [0.15, 0.2) is 24.3 Å². The van der Waals surface area contributed by atoms with E-state index in [1.807, 2.05) is 0 Å². The molecule has 1 aromatic rings. The molecular weight excluding hydrogens is 194 g/mol. The molecule has 1 rings (SSSR count). The van der Waals surface area contributed by atoms with Crippen LogP contribution in [-0.2, 0) is 6.54 Å². The van der Waals surface area contributed by atoms with Crippen molar-refractivity contribution in [2.45, 2.75) is 6.54 Å². The summed E-state index contributed by atoms with van der Waals surface area (Å²) in [6, 6.07) is 5.96. The monoisotopic (exact) mass is 199 g/mol. The molecule has 0 aliphatic rings. The molecule has 0 N–H and O–H groups in total. The molecule has 0 atom stereocenters. The molecule has 5 heteroatoms. The minimum atomic E-state index is -0.562. The van der Waals surface area contributed by atoms with Gasteiger partial charge in [-0.25, -0.2) is 0 Å². The Morgan fingerprint density at radius 3 is 2.31 bits per heavy atom. The maximum Gasteiger partial charge on any atom is 0.252 e. The second kappa shape index (κ2) is 4.00. The molecule has 4 nitrogen and oxygen atoms in total. The molecule has 1 aromatic carbocycles. The Kier molecular flexibility index (Phi) is 2.97. The van der Waals surface area contributed by atoms with Gasteiger partial charge < -0.3 is 0 Å². The first-order valence-electron chi connectivity index (χ1n) is 3.50. The standard InChI is InChI=1S/C8H6ClNO3/c9-8(11)7-3-1-6(2-4-7)5-10(12)13/h1-4H,5H2. The predicted octanol–water partition coefficient (Wildman–Crippen LogP) is 1.84. The third-order valence-electron chi connectivity index (χ3n) is 1.49. The van der Waals surface area contributed by atoms with Crippen molar-refractivity contribution in [2.24, 2.45) is 0 Å². The molecule has 0 amide bonds. The highest BCUT2D eigenvalue weighted by atomic mass is 35.5. The summed E-state index contributed by atoms with van der Waals surface area (Å²) < 4.78 is 0. The van der Waals surface area contributed by atoms with Crippen molar-refractivity contribution >= 4 is 16.8 Å². The number of hydrogen-bond donors (Lipinski definition) is 0. The van der Waals surface area contributed by atoms with E-state index in [0.29, 0.717) is 11.1 Å². The summed E-state index contributed by atoms with van der Waals surface area (Å²) in [6.45, 7) is -0.239. The Hall–Kier alpha value is -1.42. The average Bonchev–Trinajstić information content (AvgIpc) is 2.04. The van der Waals surface area contributed by atoms with Gasteiger partial charge in [0.25, 0.3) is 5.24 Å². The van der Waals surface area contributed by atoms with Gasteiger partial charge in [-0.1, -0.05) is 12.1 Å². The van der Waals surface area contributed by atoms with Gasteiger partial charge in [-0.15, -0.1) is 0 Å². The molecule has 0 saturated heterocycles. The van der Waals surface area contributed by atoms with Crippen molar-refractivity contribution < 1.29 is 9.72 Å². The van der Waals surface area contributed by atoms with Crippen molar-refractivity contribution in [1.82, 2.24) is 0 Å². The van der Waals surface area contributed by atoms with Crippen LogP contribution in [0.2, 0.25) is 0 Å². The molecule has 68 valence electrons. The second-order valence-corrected chi connectivity index (χ2v) is 2.80. The molecule has 0 aromatic heterocycles. The zero-order valence-corrected chi connectivity index (χ0v) is 7.32. The first kappa shape index (κ1) is 9.67. The molecule has 0 aliphatic heterocycles. The van der Waals surface area contributed by atoms with Gasteiger partial charge in [0.2, 0.25) is 6.54 Å². The molecule has 13 heavy (non-hydrogen) atoms. The second-order valence-electron chi connectivity index (χ2n) is 2.46. The van der Waals surface area contributed by atoms with Gasteiger partial charge in [0.1, 0.15) is 0 Å². The fourth-order valence-electron chi connectivity index (χ4n) is 0.890. The van der Waals surface area contributed by atoms with Gasteiger partial charge in [-0.3, -0.25) is 14.9 Å². The fourth-order valence-corrected chi connectivity index (χ4v) is 1.02. The molecule has 0 saturated carbocycles. The van der Waals surface area contributed by atoms with E-state index in [1.165, 1.54) is 24.3 Å². The first-order chi connectivity index (χ1) is 6.09. The average molecular weight is 200 g/mol. The molecule has 0 spiro atoms. The number of nitrogens with zero attached hydrogens (tertiary/aromatic N) is 1. The molecule has 0 aliphatic carbocycles. The van der Waals surface area contributed by atoms with E-state index in [1.54, 1.807) is 0 Å². The summed E-state index contributed by atoms with van der Waals surface area (Å²) in [5.74, 6) is 0. The molecule has 0 heterocycles. The lowest BCUT2D eigenvalue weighted by Gasteiger charge is -1.95. The van der Waals surface area contributed by atoms with Crippen molar-refractivity contribution in [2.75, 3.05) is 0 Å². The quantitative estimate of drug-likeness (QED) is 0.424. The van der Waals surface area contributed by atoms with Gasteiger partial charge in [0.15, 0.2) is 0 Å². The maximum absolute atomic E-state index is 10.6. The molecular formula is C8H6ClNO3. The number of hydrogen-bond acceptors (Lipinski definition) is 3. The van der Waals surface area contributed by atoms with Crippen molar-refractivity contribution in [1.29, 1.82) is 0 Å². The fraction of sp³-hybridized carbons (Fsp3) is 0.125. The van der Waals surface area contributed by atoms with Gasteiger partial charge in [0, 0.05) is 16.1 Å². The third kappa shape index (κ3) is 2.83. The summed E-state index contributed by atoms with van der Waals surface area (Å²) in [5.41, 5.74) is 0.889. The molecule has 0 unspecified atom stereocenters. The Morgan fingerprint density at radius 1 is 1.38 bits per heavy atom. The van der Waals surface area contributed by atoms with Gasteiger partial charge in [0.05, 0.1) is 0 Å². The van der Waals surface area contributed by atoms with Crippen LogP contribution in [0.3, 0.4) is 0 Å². The van der Waals surface area contributed by atoms with E-state index in [2.05, 4.69) is 0 Å². The van der Waals surface area contributed by atoms with Crippen LogP contribution in [0.25, 0.3) is 0 Å². The van der Waals surface area contributed by atoms with Crippen LogP contribution in [-0.4, -0.2) is 10.2 Å². The Balaban J connectivity index is 2.81. The Morgan fingerprint density at radius 2 is 1.92 bits per heavy atom. The van der Waals surface area contributed by atoms with E-state index < -0.39 is 10.2 Å². The van der Waals surface area contributed by atoms with Crippen LogP contribution in [0.4, 0.5) is 0 Å². The van der Waals surface area contributed by atoms with E-state index in [-0.39, 0.29) is 6.54 Å². The van der Waals surface area contributed by atoms with Gasteiger partial charge in [-0.05, 0) is 23.7 Å². The Labute approximate surface area is 79.3 Å². The number of nitro groups is 1. The van der Waals surface area contributed by atoms with Crippen molar-refractivity contribution in [3.05, 3.63) is 45.5 Å². The van der Waals surface area contributed by atoms with E-state index in [9.17, 15) is 14.9 Å². The number of rotatable bonds is 3. The number of benzene rings is 1. The lowest BCUT2D eigenvalue weighted by atomic mass is 10.1. The minimum Gasteiger partial charge on any atom is -0.276 e. The third-order valence-corrected chi connectivity index (χ3v) is 1.71. The zero-order valence-electron chi connectivity index (χ0n) is 6.57. The Bertz CT molecular complexity index is 334. The van der Waals surface area contributed by atoms with Crippen LogP contribution in [0.1, 0.15) is 15.9 Å². The molecule has 0 fully saturated rings. The van der Waals surface area contributed by atoms with Gasteiger partial charge in [-0.2, -0.15) is 0 Å². The molecule has 0 bridgehead atoms. The van der Waals surface area contributed by atoms with Crippen LogP contribution >= 0.6 is 11.6 Å². The van der Waals surface area contributed by atoms with Crippen molar-refractivity contribution in [3.8, 4) is 0 Å². The summed E-state index contributed by atoms with van der Waals surface area (Å²) >= 11 is 5.19. The minimum absolute atomic E-state index is 0.239. The first-order valence-corrected chi connectivity index (χ1v) is 3.88. The smallest absolute Gasteiger partial charge is 0.252 e. The summed E-state index contributed by atoms with van der Waals surface area (Å²) in [6.07, 6.45) is 0. The lowest BCUT2D eigenvalue weighted by Crippen LogP contribution is -1.98. The topological polar surface area (TPSA) is 60.2 Å². The highest BCUT2D eigenvalue weighted by Gasteiger charge is 2.03. The predicted molar refractivity (Wildman–Crippen MR) is 47.3 cm³/mol. The lowest BCUT2D eigenvalue weighted by molar-refractivity contribution is -0.496. The SMILES string of the molecule is O=C(Cl)c1ccc(C[N+](=O)[O-])cc1. The summed E-state index contributed by atoms with van der Waals surface area (Å²) in [4.78, 5) is 20.3. The van der Waals surface area contributed by atoms with E-state index in [4.69, 9.17) is 11.6 Å². The maximum atomic E-state index is 10.6. The highest BCUT2D eigenvalue weighted by Crippen LogP contribution is 2.07. The zero-order chi connectivity index (χ0) is 9.84.